The first-order chi connectivity index (χ1) is 12.1. The molecule has 7 nitrogen and oxygen atoms in total. The van der Waals surface area contributed by atoms with Crippen LogP contribution in [0.2, 0.25) is 0 Å². The fraction of sp³-hybridized carbons (Fsp3) is 0.444. The van der Waals surface area contributed by atoms with E-state index in [0.29, 0.717) is 17.9 Å². The van der Waals surface area contributed by atoms with E-state index in [9.17, 15) is 0 Å². The van der Waals surface area contributed by atoms with E-state index in [4.69, 9.17) is 15.7 Å². The number of hydrogen-bond acceptors (Lipinski definition) is 6. The van der Waals surface area contributed by atoms with Gasteiger partial charge in [0.1, 0.15) is 11.5 Å². The van der Waals surface area contributed by atoms with Crippen LogP contribution in [0, 0.1) is 6.92 Å². The second kappa shape index (κ2) is 6.40. The quantitative estimate of drug-likeness (QED) is 0.762. The van der Waals surface area contributed by atoms with Gasteiger partial charge in [-0.3, -0.25) is 9.67 Å². The van der Waals surface area contributed by atoms with Crippen molar-refractivity contribution in [3.8, 4) is 11.5 Å². The van der Waals surface area contributed by atoms with Crippen LogP contribution in [0.15, 0.2) is 24.4 Å². The number of nitrogens with two attached hydrogens (primary N) is 1. The first kappa shape index (κ1) is 16.0. The highest BCUT2D eigenvalue weighted by Crippen LogP contribution is 2.29. The molecule has 0 aromatic carbocycles. The third-order valence-corrected chi connectivity index (χ3v) is 4.86. The Morgan fingerprint density at radius 1 is 1.16 bits per heavy atom. The smallest absolute Gasteiger partial charge is 0.182 e. The molecule has 3 aromatic heterocycles. The number of fused-ring (bicyclic) bond motifs is 1. The first-order valence-corrected chi connectivity index (χ1v) is 8.76. The van der Waals surface area contributed by atoms with Gasteiger partial charge < -0.3 is 11.1 Å². The highest BCUT2D eigenvalue weighted by atomic mass is 15.3. The number of aryl methyl sites for hydroxylation is 2. The Bertz CT molecular complexity index is 879. The third-order valence-electron chi connectivity index (χ3n) is 4.86. The summed E-state index contributed by atoms with van der Waals surface area (Å²) in [6, 6.07) is 6.47. The zero-order valence-corrected chi connectivity index (χ0v) is 14.6. The van der Waals surface area contributed by atoms with Crippen LogP contribution in [0.25, 0.3) is 22.6 Å². The predicted octanol–water partition coefficient (Wildman–Crippen LogP) is 2.42. The molecule has 0 saturated heterocycles. The van der Waals surface area contributed by atoms with Crippen molar-refractivity contribution in [3.05, 3.63) is 30.1 Å². The molecule has 3 N–H and O–H groups in total. The minimum Gasteiger partial charge on any atom is -0.367 e. The van der Waals surface area contributed by atoms with Gasteiger partial charge in [0.2, 0.25) is 0 Å². The molecule has 0 spiro atoms. The van der Waals surface area contributed by atoms with Crippen molar-refractivity contribution in [2.45, 2.75) is 44.7 Å². The zero-order chi connectivity index (χ0) is 17.4. The third kappa shape index (κ3) is 3.07. The van der Waals surface area contributed by atoms with Crippen LogP contribution in [-0.4, -0.2) is 36.8 Å². The van der Waals surface area contributed by atoms with Gasteiger partial charge in [-0.1, -0.05) is 6.07 Å². The van der Waals surface area contributed by atoms with Crippen LogP contribution in [0.3, 0.4) is 0 Å². The zero-order valence-electron chi connectivity index (χ0n) is 14.6. The molecule has 7 heteroatoms. The normalized spacial score (nSPS) is 20.8. The molecule has 1 aliphatic carbocycles. The summed E-state index contributed by atoms with van der Waals surface area (Å²) in [4.78, 5) is 13.9. The van der Waals surface area contributed by atoms with E-state index in [0.717, 1.165) is 53.9 Å². The Labute approximate surface area is 146 Å². The lowest BCUT2D eigenvalue weighted by molar-refractivity contribution is 0.410. The molecule has 0 bridgehead atoms. The number of hydrogen-bond donors (Lipinski definition) is 2. The van der Waals surface area contributed by atoms with Gasteiger partial charge in [-0.2, -0.15) is 5.10 Å². The van der Waals surface area contributed by atoms with Crippen LogP contribution < -0.4 is 11.1 Å². The largest absolute Gasteiger partial charge is 0.367 e. The molecule has 0 aliphatic heterocycles. The SMILES string of the molecule is Cc1nn(C)c2nc(-c3ccccn3)nc(NC3CCC(N)CC3)c12. The Hall–Kier alpha value is -2.54. The molecule has 0 amide bonds. The number of anilines is 1. The van der Waals surface area contributed by atoms with E-state index in [-0.39, 0.29) is 0 Å². The molecule has 1 fully saturated rings. The van der Waals surface area contributed by atoms with Gasteiger partial charge in [0, 0.05) is 25.3 Å². The van der Waals surface area contributed by atoms with Crippen molar-refractivity contribution in [1.29, 1.82) is 0 Å². The molecule has 0 atom stereocenters. The van der Waals surface area contributed by atoms with Crippen LogP contribution in [0.5, 0.6) is 0 Å². The molecule has 1 aliphatic rings. The maximum absolute atomic E-state index is 6.03. The number of rotatable bonds is 3. The summed E-state index contributed by atoms with van der Waals surface area (Å²) >= 11 is 0. The van der Waals surface area contributed by atoms with Crippen molar-refractivity contribution in [1.82, 2.24) is 24.7 Å². The number of aromatic nitrogens is 5. The summed E-state index contributed by atoms with van der Waals surface area (Å²) in [5, 5.41) is 9.13. The monoisotopic (exact) mass is 337 g/mol. The summed E-state index contributed by atoms with van der Waals surface area (Å²) in [5.41, 5.74) is 8.55. The van der Waals surface area contributed by atoms with Crippen molar-refractivity contribution >= 4 is 16.9 Å². The summed E-state index contributed by atoms with van der Waals surface area (Å²) < 4.78 is 1.81. The van der Waals surface area contributed by atoms with Crippen molar-refractivity contribution < 1.29 is 0 Å². The summed E-state index contributed by atoms with van der Waals surface area (Å²) in [6.45, 7) is 1.99. The fourth-order valence-corrected chi connectivity index (χ4v) is 3.51. The highest BCUT2D eigenvalue weighted by Gasteiger charge is 2.22. The molecule has 4 rings (SSSR count). The Kier molecular flexibility index (Phi) is 4.09. The van der Waals surface area contributed by atoms with Crippen LogP contribution >= 0.6 is 0 Å². The van der Waals surface area contributed by atoms with Crippen molar-refractivity contribution in [2.24, 2.45) is 12.8 Å². The second-order valence-corrected chi connectivity index (χ2v) is 6.77. The van der Waals surface area contributed by atoms with E-state index in [1.54, 1.807) is 10.9 Å². The topological polar surface area (TPSA) is 94.5 Å². The highest BCUT2D eigenvalue weighted by molar-refractivity contribution is 5.90. The van der Waals surface area contributed by atoms with Gasteiger partial charge in [-0.25, -0.2) is 9.97 Å². The van der Waals surface area contributed by atoms with Gasteiger partial charge in [0.05, 0.1) is 11.1 Å². The second-order valence-electron chi connectivity index (χ2n) is 6.77. The van der Waals surface area contributed by atoms with Crippen molar-refractivity contribution in [2.75, 3.05) is 5.32 Å². The Morgan fingerprint density at radius 3 is 2.68 bits per heavy atom. The molecule has 3 heterocycles. The molecular weight excluding hydrogens is 314 g/mol. The molecule has 0 unspecified atom stereocenters. The average molecular weight is 337 g/mol. The van der Waals surface area contributed by atoms with E-state index < -0.39 is 0 Å². The minimum absolute atomic E-state index is 0.327. The lowest BCUT2D eigenvalue weighted by Gasteiger charge is -2.27. The van der Waals surface area contributed by atoms with E-state index in [1.807, 2.05) is 32.2 Å². The van der Waals surface area contributed by atoms with Gasteiger partial charge >= 0.3 is 0 Å². The molecular formula is C18H23N7. The molecule has 1 saturated carbocycles. The molecule has 25 heavy (non-hydrogen) atoms. The maximum atomic E-state index is 6.03. The Morgan fingerprint density at radius 2 is 1.96 bits per heavy atom. The van der Waals surface area contributed by atoms with Crippen LogP contribution in [0.1, 0.15) is 31.4 Å². The van der Waals surface area contributed by atoms with E-state index in [1.165, 1.54) is 0 Å². The lowest BCUT2D eigenvalue weighted by Crippen LogP contribution is -2.33. The summed E-state index contributed by atoms with van der Waals surface area (Å²) in [5.74, 6) is 1.46. The van der Waals surface area contributed by atoms with Crippen LogP contribution in [-0.2, 0) is 7.05 Å². The molecule has 3 aromatic rings. The number of nitrogens with zero attached hydrogens (tertiary/aromatic N) is 5. The lowest BCUT2D eigenvalue weighted by atomic mass is 9.92. The van der Waals surface area contributed by atoms with Crippen molar-refractivity contribution in [3.63, 3.8) is 0 Å². The molecule has 130 valence electrons. The maximum Gasteiger partial charge on any atom is 0.182 e. The van der Waals surface area contributed by atoms with Crippen LogP contribution in [0.4, 0.5) is 5.82 Å². The van der Waals surface area contributed by atoms with Gasteiger partial charge in [-0.05, 0) is 44.7 Å². The average Bonchev–Trinajstić information content (AvgIpc) is 2.92. The van der Waals surface area contributed by atoms with E-state index in [2.05, 4.69) is 15.4 Å². The first-order valence-electron chi connectivity index (χ1n) is 8.76. The fourth-order valence-electron chi connectivity index (χ4n) is 3.51. The van der Waals surface area contributed by atoms with Gasteiger partial charge in [0.15, 0.2) is 11.5 Å². The Balaban J connectivity index is 1.78. The predicted molar refractivity (Wildman–Crippen MR) is 98.1 cm³/mol. The van der Waals surface area contributed by atoms with Gasteiger partial charge in [0.25, 0.3) is 0 Å². The van der Waals surface area contributed by atoms with E-state index >= 15 is 0 Å². The number of nitrogens with one attached hydrogen (secondary N) is 1. The summed E-state index contributed by atoms with van der Waals surface area (Å²) in [7, 11) is 1.91. The minimum atomic E-state index is 0.327. The van der Waals surface area contributed by atoms with Gasteiger partial charge in [-0.15, -0.1) is 0 Å². The summed E-state index contributed by atoms with van der Waals surface area (Å²) in [6.07, 6.45) is 5.97. The molecule has 0 radical (unpaired) electrons. The standard InChI is InChI=1S/C18H23N7/c1-11-15-17(21-13-8-6-12(19)7-9-13)22-16(14-5-3-4-10-20-14)23-18(15)25(2)24-11/h3-5,10,12-13H,6-9,19H2,1-2H3,(H,21,22,23). The number of pyridine rings is 1.